The Morgan fingerprint density at radius 2 is 1.80 bits per heavy atom. The van der Waals surface area contributed by atoms with Crippen molar-refractivity contribution in [1.29, 1.82) is 0 Å². The van der Waals surface area contributed by atoms with Crippen LogP contribution in [0.2, 0.25) is 0 Å². The molecule has 0 aliphatic heterocycles. The van der Waals surface area contributed by atoms with Crippen molar-refractivity contribution in [2.45, 2.75) is 18.9 Å². The van der Waals surface area contributed by atoms with E-state index in [-0.39, 0.29) is 37.5 Å². The van der Waals surface area contributed by atoms with Gasteiger partial charge in [0.25, 0.3) is 0 Å². The van der Waals surface area contributed by atoms with Crippen molar-refractivity contribution >= 4 is 0 Å². The Hall–Kier alpha value is 0.460. The molecule has 0 aromatic heterocycles. The topological polar surface area (TPSA) is 75.5 Å². The lowest BCUT2D eigenvalue weighted by Crippen LogP contribution is -3.00. The third kappa shape index (κ3) is 11.3. The summed E-state index contributed by atoms with van der Waals surface area (Å²) in [5, 5.41) is 8.48. The maximum Gasteiger partial charge on any atom is 0.108 e. The van der Waals surface area contributed by atoms with E-state index in [1.165, 1.54) is 0 Å². The smallest absolute Gasteiger partial charge is 0.108 e. The number of aliphatic hydroxyl groups excluding tert-OH is 1. The van der Waals surface area contributed by atoms with Crippen molar-refractivity contribution in [3.63, 3.8) is 0 Å². The normalized spacial score (nSPS) is 11.1. The average molecular weight is 191 g/mol. The third-order valence-electron chi connectivity index (χ3n) is 1.12. The monoisotopic (exact) mass is 190 g/mol. The summed E-state index contributed by atoms with van der Waals surface area (Å²) in [4.78, 5) is 0. The zero-order valence-corrected chi connectivity index (χ0v) is 7.53. The van der Waals surface area contributed by atoms with Gasteiger partial charge in [0.05, 0.1) is 13.2 Å². The quantitative estimate of drug-likeness (QED) is 0.405. The molecule has 66 valence electrons. The fraction of sp³-hybridized carbons (Fsp3) is 1.00. The standard InChI is InChI=1S/C5H14N2O.2ClH/c6-3-1-2-5(7)4-8;;/h5,8H,1-4,6-7H2;2*1H. The molecule has 0 aromatic rings. The van der Waals surface area contributed by atoms with Crippen molar-refractivity contribution in [3.05, 3.63) is 0 Å². The molecular weight excluding hydrogens is 175 g/mol. The molecule has 0 radical (unpaired) electrons. The summed E-state index contributed by atoms with van der Waals surface area (Å²) in [6.45, 7) is 1.16. The van der Waals surface area contributed by atoms with Crippen molar-refractivity contribution in [3.8, 4) is 0 Å². The largest absolute Gasteiger partial charge is 1.00 e. The Labute approximate surface area is 74.0 Å². The van der Waals surface area contributed by atoms with Crippen molar-refractivity contribution in [2.75, 3.05) is 13.2 Å². The van der Waals surface area contributed by atoms with Gasteiger partial charge in [-0.2, -0.15) is 0 Å². The van der Waals surface area contributed by atoms with E-state index in [0.29, 0.717) is 0 Å². The molecule has 5 heteroatoms. The first kappa shape index (κ1) is 16.8. The van der Waals surface area contributed by atoms with Gasteiger partial charge in [-0.25, -0.2) is 0 Å². The van der Waals surface area contributed by atoms with Crippen LogP contribution >= 0.6 is 0 Å². The van der Waals surface area contributed by atoms with Crippen LogP contribution in [0.1, 0.15) is 12.8 Å². The van der Waals surface area contributed by atoms with Gasteiger partial charge in [0.1, 0.15) is 6.04 Å². The van der Waals surface area contributed by atoms with Crippen LogP contribution in [0, 0.1) is 0 Å². The first-order chi connectivity index (χ1) is 3.81. The molecule has 0 fully saturated rings. The number of aliphatic hydroxyl groups is 1. The molecule has 0 aromatic carbocycles. The van der Waals surface area contributed by atoms with Gasteiger partial charge in [0.2, 0.25) is 0 Å². The summed E-state index contributed by atoms with van der Waals surface area (Å²) >= 11 is 0. The van der Waals surface area contributed by atoms with E-state index >= 15 is 0 Å². The molecule has 0 saturated heterocycles. The highest BCUT2D eigenvalue weighted by molar-refractivity contribution is 4.48. The Morgan fingerprint density at radius 1 is 1.30 bits per heavy atom. The molecule has 7 N–H and O–H groups in total. The molecule has 3 nitrogen and oxygen atoms in total. The summed E-state index contributed by atoms with van der Waals surface area (Å²) in [5.41, 5.74) is 7.40. The van der Waals surface area contributed by atoms with Gasteiger partial charge < -0.3 is 41.4 Å². The van der Waals surface area contributed by atoms with Crippen LogP contribution in [0.5, 0.6) is 0 Å². The van der Waals surface area contributed by atoms with Crippen LogP contribution in [0.4, 0.5) is 0 Å². The third-order valence-corrected chi connectivity index (χ3v) is 1.12. The maximum atomic E-state index is 8.48. The van der Waals surface area contributed by atoms with E-state index in [1.54, 1.807) is 0 Å². The van der Waals surface area contributed by atoms with E-state index in [1.807, 2.05) is 0 Å². The highest BCUT2D eigenvalue weighted by Gasteiger charge is 2.01. The predicted molar refractivity (Wildman–Crippen MR) is 30.8 cm³/mol. The highest BCUT2D eigenvalue weighted by atomic mass is 35.5. The second kappa shape index (κ2) is 12.2. The van der Waals surface area contributed by atoms with Gasteiger partial charge in [0.15, 0.2) is 0 Å². The Kier molecular flexibility index (Phi) is 20.5. The van der Waals surface area contributed by atoms with Crippen LogP contribution in [-0.2, 0) is 0 Å². The molecule has 1 unspecified atom stereocenters. The second-order valence-corrected chi connectivity index (χ2v) is 2.04. The molecule has 0 bridgehead atoms. The van der Waals surface area contributed by atoms with E-state index in [4.69, 9.17) is 5.11 Å². The van der Waals surface area contributed by atoms with Gasteiger partial charge in [-0.1, -0.05) is 0 Å². The fourth-order valence-corrected chi connectivity index (χ4v) is 0.524. The van der Waals surface area contributed by atoms with Gasteiger partial charge in [-0.15, -0.1) is 0 Å². The summed E-state index contributed by atoms with van der Waals surface area (Å²) in [6, 6.07) is 0.219. The molecule has 0 heterocycles. The summed E-state index contributed by atoms with van der Waals surface area (Å²) in [7, 11) is 0. The predicted octanol–water partition coefficient (Wildman–Crippen LogP) is -8.38. The van der Waals surface area contributed by atoms with Crippen LogP contribution in [-0.4, -0.2) is 24.3 Å². The Balaban J connectivity index is -0.000000245. The number of hydrogen-bond acceptors (Lipinski definition) is 1. The van der Waals surface area contributed by atoms with Crippen LogP contribution in [0.15, 0.2) is 0 Å². The Bertz CT molecular complexity index is 56.9. The molecular formula is C5H16Cl2N2O. The molecule has 0 saturated carbocycles. The molecule has 0 spiro atoms. The van der Waals surface area contributed by atoms with Crippen molar-refractivity contribution < 1.29 is 41.4 Å². The van der Waals surface area contributed by atoms with E-state index in [9.17, 15) is 0 Å². The average Bonchev–Trinajstić information content (AvgIpc) is 1.83. The first-order valence-electron chi connectivity index (χ1n) is 3.04. The zero-order valence-electron chi connectivity index (χ0n) is 6.02. The molecule has 1 atom stereocenters. The van der Waals surface area contributed by atoms with Crippen molar-refractivity contribution in [2.24, 2.45) is 0 Å². The Morgan fingerprint density at radius 3 is 2.10 bits per heavy atom. The number of quaternary nitrogens is 2. The maximum absolute atomic E-state index is 8.48. The summed E-state index contributed by atoms with van der Waals surface area (Å²) in [5.74, 6) is 0. The van der Waals surface area contributed by atoms with Gasteiger partial charge >= 0.3 is 0 Å². The summed E-state index contributed by atoms with van der Waals surface area (Å²) < 4.78 is 0. The van der Waals surface area contributed by atoms with Gasteiger partial charge in [-0.3, -0.25) is 0 Å². The number of halogens is 2. The molecule has 0 aliphatic carbocycles. The van der Waals surface area contributed by atoms with Crippen LogP contribution < -0.4 is 36.3 Å². The van der Waals surface area contributed by atoms with E-state index in [0.717, 1.165) is 19.4 Å². The fourth-order valence-electron chi connectivity index (χ4n) is 0.524. The first-order valence-corrected chi connectivity index (χ1v) is 3.04. The summed E-state index contributed by atoms with van der Waals surface area (Å²) in [6.07, 6.45) is 2.08. The lowest BCUT2D eigenvalue weighted by molar-refractivity contribution is -0.431. The second-order valence-electron chi connectivity index (χ2n) is 2.04. The molecule has 0 rings (SSSR count). The minimum Gasteiger partial charge on any atom is -1.00 e. The SMILES string of the molecule is [Cl-].[Cl-].[NH3+]CCCC([NH3+])CO. The zero-order chi connectivity index (χ0) is 6.41. The van der Waals surface area contributed by atoms with Crippen LogP contribution in [0.25, 0.3) is 0 Å². The van der Waals surface area contributed by atoms with Gasteiger partial charge in [0, 0.05) is 12.8 Å². The number of rotatable bonds is 4. The number of hydrogen-bond donors (Lipinski definition) is 3. The lowest BCUT2D eigenvalue weighted by atomic mass is 10.2. The van der Waals surface area contributed by atoms with Crippen molar-refractivity contribution in [1.82, 2.24) is 0 Å². The minimum absolute atomic E-state index is 0. The van der Waals surface area contributed by atoms with E-state index < -0.39 is 0 Å². The van der Waals surface area contributed by atoms with Crippen LogP contribution in [0.3, 0.4) is 0 Å². The van der Waals surface area contributed by atoms with E-state index in [2.05, 4.69) is 11.5 Å². The molecule has 10 heavy (non-hydrogen) atoms. The molecule has 0 amide bonds. The highest BCUT2D eigenvalue weighted by Crippen LogP contribution is 1.86. The lowest BCUT2D eigenvalue weighted by Gasteiger charge is -1.99. The van der Waals surface area contributed by atoms with Gasteiger partial charge in [-0.05, 0) is 0 Å². The molecule has 0 aliphatic rings. The minimum atomic E-state index is 0.